The second kappa shape index (κ2) is 6.39. The summed E-state index contributed by atoms with van der Waals surface area (Å²) < 4.78 is 26.6. The molecule has 2 rings (SSSR count). The summed E-state index contributed by atoms with van der Waals surface area (Å²) in [5.74, 6) is -0.0515. The van der Waals surface area contributed by atoms with Gasteiger partial charge in [-0.05, 0) is 36.2 Å². The maximum atomic E-state index is 12.0. The zero-order valence-electron chi connectivity index (χ0n) is 11.3. The number of sulfonamides is 1. The summed E-state index contributed by atoms with van der Waals surface area (Å²) in [6, 6.07) is 10.9. The number of benzene rings is 1. The molecule has 0 atom stereocenters. The van der Waals surface area contributed by atoms with Crippen LogP contribution in [0.25, 0.3) is 0 Å². The Labute approximate surface area is 123 Å². The van der Waals surface area contributed by atoms with Crippen molar-refractivity contribution in [1.82, 2.24) is 4.72 Å². The Balaban J connectivity index is 1.97. The molecule has 0 amide bonds. The predicted octanol–water partition coefficient (Wildman–Crippen LogP) is 2.51. The average Bonchev–Trinajstić information content (AvgIpc) is 2.84. The van der Waals surface area contributed by atoms with Crippen LogP contribution in [0.4, 0.5) is 5.69 Å². The number of nitrogens with two attached hydrogens (primary N) is 1. The Morgan fingerprint density at radius 2 is 1.95 bits per heavy atom. The summed E-state index contributed by atoms with van der Waals surface area (Å²) in [7, 11) is -3.35. The van der Waals surface area contributed by atoms with Gasteiger partial charge in [0.2, 0.25) is 10.0 Å². The number of thiophene rings is 1. The molecule has 1 aromatic heterocycles. The van der Waals surface area contributed by atoms with Gasteiger partial charge in [-0.2, -0.15) is 0 Å². The third-order valence-corrected chi connectivity index (χ3v) is 5.37. The quantitative estimate of drug-likeness (QED) is 0.805. The van der Waals surface area contributed by atoms with Gasteiger partial charge in [0, 0.05) is 22.0 Å². The molecule has 3 N–H and O–H groups in total. The van der Waals surface area contributed by atoms with E-state index >= 15 is 0 Å². The summed E-state index contributed by atoms with van der Waals surface area (Å²) in [5, 5.41) is 0. The molecular formula is C14H18N2O2S2. The largest absolute Gasteiger partial charge is 0.399 e. The number of aryl methyl sites for hydroxylation is 1. The molecule has 0 bridgehead atoms. The van der Waals surface area contributed by atoms with E-state index in [0.717, 1.165) is 11.3 Å². The molecular weight excluding hydrogens is 292 g/mol. The van der Waals surface area contributed by atoms with Crippen LogP contribution in [0.1, 0.15) is 22.2 Å². The lowest BCUT2D eigenvalue weighted by molar-refractivity contribution is 0.581. The lowest BCUT2D eigenvalue weighted by Crippen LogP contribution is -2.24. The highest BCUT2D eigenvalue weighted by molar-refractivity contribution is 7.88. The number of anilines is 1. The maximum Gasteiger partial charge on any atom is 0.216 e. The fourth-order valence-electron chi connectivity index (χ4n) is 1.84. The first-order valence-electron chi connectivity index (χ1n) is 6.38. The van der Waals surface area contributed by atoms with Crippen LogP contribution in [0.2, 0.25) is 0 Å². The third kappa shape index (κ3) is 4.33. The first-order valence-corrected chi connectivity index (χ1v) is 8.85. The minimum Gasteiger partial charge on any atom is -0.399 e. The molecule has 20 heavy (non-hydrogen) atoms. The normalized spacial score (nSPS) is 11.7. The Hall–Kier alpha value is -1.37. The van der Waals surface area contributed by atoms with Gasteiger partial charge in [-0.25, -0.2) is 13.1 Å². The molecule has 0 aliphatic rings. The fraction of sp³-hybridized carbons (Fsp3) is 0.286. The molecule has 0 radical (unpaired) electrons. The van der Waals surface area contributed by atoms with Crippen LogP contribution >= 0.6 is 11.3 Å². The second-order valence-electron chi connectivity index (χ2n) is 4.55. The lowest BCUT2D eigenvalue weighted by atomic mass is 10.2. The van der Waals surface area contributed by atoms with Gasteiger partial charge < -0.3 is 5.73 Å². The van der Waals surface area contributed by atoms with E-state index in [-0.39, 0.29) is 5.75 Å². The van der Waals surface area contributed by atoms with E-state index in [1.54, 1.807) is 35.6 Å². The van der Waals surface area contributed by atoms with Crippen molar-refractivity contribution in [1.29, 1.82) is 0 Å². The molecule has 108 valence electrons. The van der Waals surface area contributed by atoms with Crippen molar-refractivity contribution >= 4 is 27.0 Å². The highest BCUT2D eigenvalue weighted by Crippen LogP contribution is 2.17. The zero-order chi connectivity index (χ0) is 14.6. The van der Waals surface area contributed by atoms with Gasteiger partial charge in [0.1, 0.15) is 0 Å². The molecule has 0 saturated carbocycles. The molecule has 0 fully saturated rings. The molecule has 4 nitrogen and oxygen atoms in total. The zero-order valence-corrected chi connectivity index (χ0v) is 12.9. The third-order valence-electron chi connectivity index (χ3n) is 2.84. The molecule has 0 aliphatic carbocycles. The summed E-state index contributed by atoms with van der Waals surface area (Å²) in [4.78, 5) is 2.29. The number of hydrogen-bond donors (Lipinski definition) is 2. The van der Waals surface area contributed by atoms with Crippen molar-refractivity contribution in [2.45, 2.75) is 25.6 Å². The van der Waals surface area contributed by atoms with Crippen molar-refractivity contribution < 1.29 is 8.42 Å². The molecule has 1 heterocycles. The van der Waals surface area contributed by atoms with E-state index in [0.29, 0.717) is 17.8 Å². The molecule has 0 saturated heterocycles. The van der Waals surface area contributed by atoms with Crippen molar-refractivity contribution in [2.75, 3.05) is 5.73 Å². The highest BCUT2D eigenvalue weighted by atomic mass is 32.2. The van der Waals surface area contributed by atoms with Crippen LogP contribution in [0.5, 0.6) is 0 Å². The van der Waals surface area contributed by atoms with Crippen molar-refractivity contribution in [3.63, 3.8) is 0 Å². The predicted molar refractivity (Wildman–Crippen MR) is 84.0 cm³/mol. The summed E-state index contributed by atoms with van der Waals surface area (Å²) >= 11 is 1.64. The van der Waals surface area contributed by atoms with Crippen LogP contribution in [-0.4, -0.2) is 8.42 Å². The SMILES string of the molecule is CCc1ccc(CNS(=O)(=O)Cc2cccc(N)c2)s1. The van der Waals surface area contributed by atoms with Crippen LogP contribution in [0.15, 0.2) is 36.4 Å². The highest BCUT2D eigenvalue weighted by Gasteiger charge is 2.12. The van der Waals surface area contributed by atoms with Crippen LogP contribution in [-0.2, 0) is 28.7 Å². The maximum absolute atomic E-state index is 12.0. The first-order chi connectivity index (χ1) is 9.48. The van der Waals surface area contributed by atoms with Gasteiger partial charge in [-0.15, -0.1) is 11.3 Å². The van der Waals surface area contributed by atoms with Crippen molar-refractivity contribution in [2.24, 2.45) is 0 Å². The van der Waals surface area contributed by atoms with Gasteiger partial charge in [0.15, 0.2) is 0 Å². The van der Waals surface area contributed by atoms with Gasteiger partial charge in [-0.3, -0.25) is 0 Å². The van der Waals surface area contributed by atoms with E-state index < -0.39 is 10.0 Å². The molecule has 2 aromatic rings. The van der Waals surface area contributed by atoms with E-state index in [1.165, 1.54) is 4.88 Å². The Kier molecular flexibility index (Phi) is 4.80. The van der Waals surface area contributed by atoms with E-state index in [9.17, 15) is 8.42 Å². The standard InChI is InChI=1S/C14H18N2O2S2/c1-2-13-6-7-14(19-13)9-16-20(17,18)10-11-4-3-5-12(15)8-11/h3-8,16H,2,9-10,15H2,1H3. The number of hydrogen-bond acceptors (Lipinski definition) is 4. The second-order valence-corrected chi connectivity index (χ2v) is 7.61. The summed E-state index contributed by atoms with van der Waals surface area (Å²) in [6.07, 6.45) is 0.973. The minimum absolute atomic E-state index is 0.0515. The van der Waals surface area contributed by atoms with E-state index in [2.05, 4.69) is 11.6 Å². The smallest absolute Gasteiger partial charge is 0.216 e. The Morgan fingerprint density at radius 3 is 2.60 bits per heavy atom. The number of nitrogens with one attached hydrogen (secondary N) is 1. The number of rotatable bonds is 6. The summed E-state index contributed by atoms with van der Waals surface area (Å²) in [6.45, 7) is 2.43. The van der Waals surface area contributed by atoms with Gasteiger partial charge in [0.05, 0.1) is 5.75 Å². The van der Waals surface area contributed by atoms with Crippen molar-refractivity contribution in [3.05, 3.63) is 51.7 Å². The molecule has 1 aromatic carbocycles. The van der Waals surface area contributed by atoms with Crippen LogP contribution in [0, 0.1) is 0 Å². The van der Waals surface area contributed by atoms with Gasteiger partial charge in [-0.1, -0.05) is 19.1 Å². The van der Waals surface area contributed by atoms with Gasteiger partial charge >= 0.3 is 0 Å². The number of nitrogen functional groups attached to an aromatic ring is 1. The molecule has 0 unspecified atom stereocenters. The molecule has 0 aliphatic heterocycles. The van der Waals surface area contributed by atoms with Crippen LogP contribution < -0.4 is 10.5 Å². The van der Waals surface area contributed by atoms with E-state index in [1.807, 2.05) is 12.1 Å². The lowest BCUT2D eigenvalue weighted by Gasteiger charge is -2.06. The van der Waals surface area contributed by atoms with Crippen molar-refractivity contribution in [3.8, 4) is 0 Å². The fourth-order valence-corrected chi connectivity index (χ4v) is 3.93. The van der Waals surface area contributed by atoms with E-state index in [4.69, 9.17) is 5.73 Å². The van der Waals surface area contributed by atoms with Crippen LogP contribution in [0.3, 0.4) is 0 Å². The topological polar surface area (TPSA) is 72.2 Å². The summed E-state index contributed by atoms with van der Waals surface area (Å²) in [5.41, 5.74) is 6.91. The molecule has 6 heteroatoms. The molecule has 0 spiro atoms. The minimum atomic E-state index is -3.35. The Morgan fingerprint density at radius 1 is 1.20 bits per heavy atom. The Bertz CT molecular complexity index is 678. The average molecular weight is 310 g/mol. The van der Waals surface area contributed by atoms with Gasteiger partial charge in [0.25, 0.3) is 0 Å². The first kappa shape index (κ1) is 15.0. The monoisotopic (exact) mass is 310 g/mol.